The predicted octanol–water partition coefficient (Wildman–Crippen LogP) is 3.86. The van der Waals surface area contributed by atoms with Crippen molar-refractivity contribution >= 4 is 23.5 Å². The Morgan fingerprint density at radius 3 is 2.76 bits per heavy atom. The minimum atomic E-state index is -0.151. The monoisotopic (exact) mass is 304 g/mol. The summed E-state index contributed by atoms with van der Waals surface area (Å²) in [5, 5.41) is 6.38. The molecule has 0 unspecified atom stereocenters. The molecule has 0 saturated heterocycles. The van der Waals surface area contributed by atoms with E-state index < -0.39 is 0 Å². The first kappa shape index (κ1) is 15.6. The molecule has 1 atom stereocenters. The highest BCUT2D eigenvalue weighted by Crippen LogP contribution is 2.22. The minimum Gasteiger partial charge on any atom is -0.360 e. The number of benzene rings is 1. The molecule has 21 heavy (non-hydrogen) atoms. The second-order valence-electron chi connectivity index (χ2n) is 5.20. The van der Waals surface area contributed by atoms with Gasteiger partial charge in [-0.1, -0.05) is 28.9 Å². The number of hydrogen-bond donors (Lipinski definition) is 1. The molecule has 0 fully saturated rings. The van der Waals surface area contributed by atoms with Gasteiger partial charge in [0, 0.05) is 11.8 Å². The maximum Gasteiger partial charge on any atom is 0.238 e. The van der Waals surface area contributed by atoms with E-state index in [-0.39, 0.29) is 11.2 Å². The number of carbonyl (C=O) groups excluding carboxylic acids is 1. The summed E-state index contributed by atoms with van der Waals surface area (Å²) < 4.78 is 4.93. The summed E-state index contributed by atoms with van der Waals surface area (Å²) in [5.74, 6) is 1.91. The number of carbonyl (C=O) groups is 1. The fourth-order valence-corrected chi connectivity index (χ4v) is 2.85. The van der Waals surface area contributed by atoms with Crippen molar-refractivity contribution in [3.05, 3.63) is 46.7 Å². The van der Waals surface area contributed by atoms with Gasteiger partial charge in [0.2, 0.25) is 5.91 Å². The van der Waals surface area contributed by atoms with E-state index in [1.165, 1.54) is 16.7 Å². The van der Waals surface area contributed by atoms with E-state index in [2.05, 4.69) is 42.5 Å². The zero-order valence-corrected chi connectivity index (χ0v) is 13.6. The Morgan fingerprint density at radius 1 is 1.33 bits per heavy atom. The largest absolute Gasteiger partial charge is 0.360 e. The van der Waals surface area contributed by atoms with Crippen LogP contribution >= 0.6 is 11.8 Å². The molecule has 0 radical (unpaired) electrons. The summed E-state index contributed by atoms with van der Waals surface area (Å²) in [6, 6.07) is 8.11. The van der Waals surface area contributed by atoms with Crippen molar-refractivity contribution in [2.75, 3.05) is 5.32 Å². The maximum atomic E-state index is 12.1. The second-order valence-corrected chi connectivity index (χ2v) is 6.52. The van der Waals surface area contributed by atoms with Gasteiger partial charge in [-0.2, -0.15) is 0 Å². The van der Waals surface area contributed by atoms with Gasteiger partial charge in [-0.3, -0.25) is 4.79 Å². The summed E-state index contributed by atoms with van der Waals surface area (Å²) in [7, 11) is 0. The maximum absolute atomic E-state index is 12.1. The highest BCUT2D eigenvalue weighted by Gasteiger charge is 2.15. The molecule has 2 rings (SSSR count). The smallest absolute Gasteiger partial charge is 0.238 e. The molecule has 0 bridgehead atoms. The molecule has 0 saturated carbocycles. The number of amides is 1. The summed E-state index contributed by atoms with van der Waals surface area (Å²) in [6.45, 7) is 7.87. The lowest BCUT2D eigenvalue weighted by molar-refractivity contribution is -0.115. The molecule has 0 aliphatic carbocycles. The third-order valence-electron chi connectivity index (χ3n) is 3.24. The zero-order chi connectivity index (χ0) is 15.4. The van der Waals surface area contributed by atoms with Crippen LogP contribution in [0.1, 0.15) is 29.4 Å². The number of anilines is 1. The Hall–Kier alpha value is -1.75. The van der Waals surface area contributed by atoms with Crippen LogP contribution in [0.3, 0.4) is 0 Å². The molecule has 1 heterocycles. The van der Waals surface area contributed by atoms with Gasteiger partial charge >= 0.3 is 0 Å². The van der Waals surface area contributed by atoms with Crippen LogP contribution in [0.15, 0.2) is 28.8 Å². The molecule has 2 aromatic rings. The number of nitrogens with one attached hydrogen (secondary N) is 1. The van der Waals surface area contributed by atoms with Gasteiger partial charge in [-0.05, 0) is 38.8 Å². The van der Waals surface area contributed by atoms with E-state index in [4.69, 9.17) is 4.52 Å². The van der Waals surface area contributed by atoms with Crippen molar-refractivity contribution < 1.29 is 9.32 Å². The first-order valence-electron chi connectivity index (χ1n) is 6.87. The lowest BCUT2D eigenvalue weighted by Gasteiger charge is -2.12. The van der Waals surface area contributed by atoms with Crippen LogP contribution in [0.25, 0.3) is 0 Å². The molecule has 4 nitrogen and oxygen atoms in total. The van der Waals surface area contributed by atoms with Crippen LogP contribution in [0.4, 0.5) is 5.82 Å². The normalized spacial score (nSPS) is 12.2. The number of aryl methyl sites for hydroxylation is 3. The third kappa shape index (κ3) is 4.36. The number of thioether (sulfide) groups is 1. The number of hydrogen-bond acceptors (Lipinski definition) is 4. The molecule has 0 spiro atoms. The quantitative estimate of drug-likeness (QED) is 0.911. The summed E-state index contributed by atoms with van der Waals surface area (Å²) >= 11 is 1.62. The average Bonchev–Trinajstić information content (AvgIpc) is 2.84. The lowest BCUT2D eigenvalue weighted by atomic mass is 10.1. The van der Waals surface area contributed by atoms with Gasteiger partial charge in [0.1, 0.15) is 5.76 Å². The molecule has 1 amide bonds. The van der Waals surface area contributed by atoms with E-state index in [0.717, 1.165) is 5.75 Å². The molecule has 1 aromatic carbocycles. The van der Waals surface area contributed by atoms with Crippen molar-refractivity contribution in [2.45, 2.75) is 38.7 Å². The van der Waals surface area contributed by atoms with Crippen molar-refractivity contribution in [3.63, 3.8) is 0 Å². The van der Waals surface area contributed by atoms with E-state index in [9.17, 15) is 4.79 Å². The summed E-state index contributed by atoms with van der Waals surface area (Å²) in [5.41, 5.74) is 3.77. The summed E-state index contributed by atoms with van der Waals surface area (Å²) in [6.07, 6.45) is 0. The topological polar surface area (TPSA) is 55.1 Å². The van der Waals surface area contributed by atoms with Crippen LogP contribution in [0.5, 0.6) is 0 Å². The standard InChI is InChI=1S/C16H20N2O2S/c1-10-5-6-11(2)14(7-10)9-21-13(4)16(19)17-15-8-12(3)20-18-15/h5-8,13H,9H2,1-4H3,(H,17,18,19)/t13-/m0/s1. The van der Waals surface area contributed by atoms with E-state index >= 15 is 0 Å². The van der Waals surface area contributed by atoms with E-state index in [0.29, 0.717) is 11.6 Å². The van der Waals surface area contributed by atoms with E-state index in [1.54, 1.807) is 24.8 Å². The Balaban J connectivity index is 1.90. The molecule has 0 aliphatic rings. The highest BCUT2D eigenvalue weighted by molar-refractivity contribution is 7.99. The molecule has 0 aliphatic heterocycles. The summed E-state index contributed by atoms with van der Waals surface area (Å²) in [4.78, 5) is 12.1. The Kier molecular flexibility index (Phi) is 5.07. The SMILES string of the molecule is Cc1ccc(C)c(CS[C@@H](C)C(=O)Nc2cc(C)on2)c1. The molecule has 1 N–H and O–H groups in total. The van der Waals surface area contributed by atoms with Gasteiger partial charge in [0.25, 0.3) is 0 Å². The van der Waals surface area contributed by atoms with Crippen molar-refractivity contribution in [3.8, 4) is 0 Å². The van der Waals surface area contributed by atoms with Crippen LogP contribution in [0, 0.1) is 20.8 Å². The Morgan fingerprint density at radius 2 is 2.10 bits per heavy atom. The van der Waals surface area contributed by atoms with Crippen LogP contribution < -0.4 is 5.32 Å². The molecular weight excluding hydrogens is 284 g/mol. The fraction of sp³-hybridized carbons (Fsp3) is 0.375. The molecular formula is C16H20N2O2S. The third-order valence-corrected chi connectivity index (χ3v) is 4.43. The van der Waals surface area contributed by atoms with E-state index in [1.807, 2.05) is 6.92 Å². The fourth-order valence-electron chi connectivity index (χ4n) is 1.90. The molecule has 5 heteroatoms. The predicted molar refractivity (Wildman–Crippen MR) is 86.5 cm³/mol. The Labute approximate surface area is 129 Å². The Bertz CT molecular complexity index is 637. The van der Waals surface area contributed by atoms with Gasteiger partial charge in [-0.15, -0.1) is 11.8 Å². The zero-order valence-electron chi connectivity index (χ0n) is 12.8. The lowest BCUT2D eigenvalue weighted by Crippen LogP contribution is -2.22. The van der Waals surface area contributed by atoms with Crippen molar-refractivity contribution in [1.82, 2.24) is 5.16 Å². The highest BCUT2D eigenvalue weighted by atomic mass is 32.2. The van der Waals surface area contributed by atoms with Crippen molar-refractivity contribution in [1.29, 1.82) is 0 Å². The number of rotatable bonds is 5. The first-order valence-corrected chi connectivity index (χ1v) is 7.92. The second kappa shape index (κ2) is 6.80. The van der Waals surface area contributed by atoms with Gasteiger partial charge in [0.15, 0.2) is 5.82 Å². The number of aromatic nitrogens is 1. The van der Waals surface area contributed by atoms with Gasteiger partial charge in [0.05, 0.1) is 5.25 Å². The first-order chi connectivity index (χ1) is 9.95. The average molecular weight is 304 g/mol. The van der Waals surface area contributed by atoms with Crippen LogP contribution in [0.2, 0.25) is 0 Å². The van der Waals surface area contributed by atoms with Crippen molar-refractivity contribution in [2.24, 2.45) is 0 Å². The van der Waals surface area contributed by atoms with Gasteiger partial charge in [-0.25, -0.2) is 0 Å². The molecule has 1 aromatic heterocycles. The van der Waals surface area contributed by atoms with Crippen LogP contribution in [-0.4, -0.2) is 16.3 Å². The minimum absolute atomic E-state index is 0.0568. The number of nitrogens with zero attached hydrogens (tertiary/aromatic N) is 1. The molecule has 112 valence electrons. The van der Waals surface area contributed by atoms with Crippen LogP contribution in [-0.2, 0) is 10.5 Å². The van der Waals surface area contributed by atoms with Gasteiger partial charge < -0.3 is 9.84 Å².